The summed E-state index contributed by atoms with van der Waals surface area (Å²) in [4.78, 5) is 27.6. The van der Waals surface area contributed by atoms with E-state index in [9.17, 15) is 22.8 Å². The minimum absolute atomic E-state index is 0.218. The van der Waals surface area contributed by atoms with Crippen LogP contribution in [0.25, 0.3) is 35.1 Å². The molecule has 0 spiro atoms. The highest BCUT2D eigenvalue weighted by Crippen LogP contribution is 2.39. The smallest absolute Gasteiger partial charge is 0.310 e. The van der Waals surface area contributed by atoms with Crippen molar-refractivity contribution in [2.75, 3.05) is 4.90 Å². The molecule has 0 bridgehead atoms. The summed E-state index contributed by atoms with van der Waals surface area (Å²) in [6.07, 6.45) is 8.12. The van der Waals surface area contributed by atoms with Gasteiger partial charge in [-0.2, -0.15) is 13.2 Å². The maximum Gasteiger partial charge on any atom is 0.416 e. The van der Waals surface area contributed by atoms with E-state index in [1.165, 1.54) is 30.7 Å². The van der Waals surface area contributed by atoms with E-state index < -0.39 is 11.7 Å². The first-order chi connectivity index (χ1) is 24.0. The molecule has 0 radical (unpaired) electrons. The van der Waals surface area contributed by atoms with Crippen LogP contribution in [0.2, 0.25) is 0 Å². The van der Waals surface area contributed by atoms with Gasteiger partial charge in [-0.05, 0) is 131 Å². The van der Waals surface area contributed by atoms with Crippen LogP contribution in [0.3, 0.4) is 0 Å². The Kier molecular flexibility index (Phi) is 10.8. The minimum atomic E-state index is -4.43. The zero-order chi connectivity index (χ0) is 36.0. The quantitative estimate of drug-likeness (QED) is 0.116. The Labute approximate surface area is 291 Å². The van der Waals surface area contributed by atoms with Crippen molar-refractivity contribution in [3.05, 3.63) is 161 Å². The van der Waals surface area contributed by atoms with Crippen molar-refractivity contribution in [2.24, 2.45) is 0 Å². The third kappa shape index (κ3) is 7.60. The van der Waals surface area contributed by atoms with Gasteiger partial charge in [-0.3, -0.25) is 9.59 Å². The molecule has 1 aliphatic carbocycles. The van der Waals surface area contributed by atoms with Crippen LogP contribution in [0.4, 0.5) is 30.2 Å². The summed E-state index contributed by atoms with van der Waals surface area (Å²) in [5, 5.41) is 1.84. The molecule has 5 aromatic rings. The molecule has 0 atom stereocenters. The SMILES string of the molecule is C=Cc1cc(C(C)=O)c(C(=O)C=Cc2ccc3cc(N(c4ccc(C(F)(F)F)cc4)c4ccc5c(c4)C=CCC5)ccc3c2)cc1C=C.CC. The highest BCUT2D eigenvalue weighted by molar-refractivity contribution is 6.14. The van der Waals surface area contributed by atoms with Crippen molar-refractivity contribution >= 4 is 63.7 Å². The first-order valence-electron chi connectivity index (χ1n) is 16.5. The number of allylic oxidation sites excluding steroid dienone is 2. The number of carbonyl (C=O) groups is 2. The zero-order valence-corrected chi connectivity index (χ0v) is 28.4. The van der Waals surface area contributed by atoms with E-state index in [-0.39, 0.29) is 11.6 Å². The fraction of sp³-hybridized carbons (Fsp3) is 0.136. The molecule has 1 aliphatic rings. The molecule has 0 fully saturated rings. The lowest BCUT2D eigenvalue weighted by Gasteiger charge is -2.27. The van der Waals surface area contributed by atoms with E-state index in [1.807, 2.05) is 61.2 Å². The lowest BCUT2D eigenvalue weighted by molar-refractivity contribution is -0.137. The monoisotopic (exact) mass is 669 g/mol. The summed E-state index contributed by atoms with van der Waals surface area (Å²) in [5.41, 5.74) is 6.70. The fourth-order valence-corrected chi connectivity index (χ4v) is 6.04. The number of carbonyl (C=O) groups excluding carboxylic acids is 2. The molecule has 0 saturated heterocycles. The fourth-order valence-electron chi connectivity index (χ4n) is 6.04. The summed E-state index contributed by atoms with van der Waals surface area (Å²) in [6.45, 7) is 13.0. The van der Waals surface area contributed by atoms with Gasteiger partial charge in [-0.25, -0.2) is 0 Å². The summed E-state index contributed by atoms with van der Waals surface area (Å²) >= 11 is 0. The Hall–Kier alpha value is -5.75. The second kappa shape index (κ2) is 15.2. The molecule has 0 aliphatic heterocycles. The Morgan fingerprint density at radius 3 is 2.00 bits per heavy atom. The average molecular weight is 670 g/mol. The number of alkyl halides is 3. The molecule has 3 nitrogen and oxygen atoms in total. The van der Waals surface area contributed by atoms with Gasteiger partial charge >= 0.3 is 6.18 Å². The van der Waals surface area contributed by atoms with Gasteiger partial charge in [0.2, 0.25) is 0 Å². The number of halogens is 3. The third-order valence-corrected chi connectivity index (χ3v) is 8.56. The van der Waals surface area contributed by atoms with Gasteiger partial charge in [-0.1, -0.05) is 81.7 Å². The molecule has 5 aromatic carbocycles. The third-order valence-electron chi connectivity index (χ3n) is 8.56. The van der Waals surface area contributed by atoms with Crippen molar-refractivity contribution in [3.63, 3.8) is 0 Å². The number of ketones is 2. The van der Waals surface area contributed by atoms with Crippen molar-refractivity contribution in [3.8, 4) is 0 Å². The van der Waals surface area contributed by atoms with E-state index >= 15 is 0 Å². The predicted octanol–water partition coefficient (Wildman–Crippen LogP) is 12.7. The van der Waals surface area contributed by atoms with Crippen LogP contribution in [-0.4, -0.2) is 11.6 Å². The molecule has 252 valence electrons. The number of rotatable bonds is 9. The summed E-state index contributed by atoms with van der Waals surface area (Å²) in [5.74, 6) is -0.523. The van der Waals surface area contributed by atoms with Crippen molar-refractivity contribution < 1.29 is 22.8 Å². The summed E-state index contributed by atoms with van der Waals surface area (Å²) in [7, 11) is 0. The van der Waals surface area contributed by atoms with Gasteiger partial charge in [-0.15, -0.1) is 0 Å². The van der Waals surface area contributed by atoms with Gasteiger partial charge < -0.3 is 4.90 Å². The molecule has 0 N–H and O–H groups in total. The largest absolute Gasteiger partial charge is 0.416 e. The van der Waals surface area contributed by atoms with Gasteiger partial charge in [0.15, 0.2) is 11.6 Å². The molecule has 6 heteroatoms. The van der Waals surface area contributed by atoms with E-state index in [4.69, 9.17) is 0 Å². The number of hydrogen-bond donors (Lipinski definition) is 0. The second-order valence-electron chi connectivity index (χ2n) is 11.7. The first kappa shape index (κ1) is 35.6. The van der Waals surface area contributed by atoms with Crippen LogP contribution in [0.1, 0.15) is 81.3 Å². The molecule has 0 unspecified atom stereocenters. The van der Waals surface area contributed by atoms with Gasteiger partial charge in [0.1, 0.15) is 0 Å². The Balaban J connectivity index is 0.00000239. The molecule has 0 heterocycles. The standard InChI is InChI=1S/C42H32F3NO2.C2H6/c1-4-29-25-39(27(3)47)40(26-30(29)5-2)41(48)21-11-28-10-12-34-24-38(18-14-33(34)22-28)46(36-19-15-35(16-20-36)42(43,44)45)37-17-13-31-8-6-7-9-32(31)23-37;1-2/h4-5,7,9-26H,1-2,6,8H2,3H3;1-2H3. The molecule has 0 aromatic heterocycles. The maximum atomic E-state index is 13.4. The van der Waals surface area contributed by atoms with E-state index in [0.717, 1.165) is 63.8 Å². The highest BCUT2D eigenvalue weighted by Gasteiger charge is 2.30. The average Bonchev–Trinajstić information content (AvgIpc) is 3.13. The Morgan fingerprint density at radius 2 is 1.34 bits per heavy atom. The second-order valence-corrected chi connectivity index (χ2v) is 11.7. The van der Waals surface area contributed by atoms with E-state index in [2.05, 4.69) is 37.4 Å². The maximum absolute atomic E-state index is 13.4. The normalized spacial score (nSPS) is 12.2. The first-order valence-corrected chi connectivity index (χ1v) is 16.5. The van der Waals surface area contributed by atoms with Crippen molar-refractivity contribution in [2.45, 2.75) is 39.8 Å². The van der Waals surface area contributed by atoms with Crippen LogP contribution >= 0.6 is 0 Å². The molecular formula is C44H38F3NO2. The van der Waals surface area contributed by atoms with Crippen LogP contribution in [0.5, 0.6) is 0 Å². The molecule has 0 amide bonds. The number of fused-ring (bicyclic) bond motifs is 2. The molecule has 6 rings (SSSR count). The Bertz CT molecular complexity index is 2150. The molecular weight excluding hydrogens is 631 g/mol. The van der Waals surface area contributed by atoms with E-state index in [0.29, 0.717) is 22.4 Å². The van der Waals surface area contributed by atoms with Gasteiger partial charge in [0.25, 0.3) is 0 Å². The minimum Gasteiger partial charge on any atom is -0.310 e. The van der Waals surface area contributed by atoms with Gasteiger partial charge in [0.05, 0.1) is 5.56 Å². The summed E-state index contributed by atoms with van der Waals surface area (Å²) in [6, 6.07) is 26.4. The van der Waals surface area contributed by atoms with E-state index in [1.54, 1.807) is 30.4 Å². The zero-order valence-electron chi connectivity index (χ0n) is 28.4. The van der Waals surface area contributed by atoms with Crippen LogP contribution in [0, 0.1) is 0 Å². The topological polar surface area (TPSA) is 37.4 Å². The summed E-state index contributed by atoms with van der Waals surface area (Å²) < 4.78 is 40.2. The Morgan fingerprint density at radius 1 is 0.740 bits per heavy atom. The van der Waals surface area contributed by atoms with Crippen molar-refractivity contribution in [1.82, 2.24) is 0 Å². The number of Topliss-reactive ketones (excluding diaryl/α,β-unsaturated/α-hetero) is 1. The number of hydrogen-bond acceptors (Lipinski definition) is 3. The molecule has 0 saturated carbocycles. The van der Waals surface area contributed by atoms with Crippen LogP contribution in [-0.2, 0) is 12.6 Å². The molecule has 50 heavy (non-hydrogen) atoms. The number of benzene rings is 5. The van der Waals surface area contributed by atoms with Crippen LogP contribution in [0.15, 0.2) is 116 Å². The lowest BCUT2D eigenvalue weighted by Crippen LogP contribution is -2.12. The number of anilines is 3. The van der Waals surface area contributed by atoms with Crippen LogP contribution < -0.4 is 4.90 Å². The lowest BCUT2D eigenvalue weighted by atomic mass is 9.93. The van der Waals surface area contributed by atoms with Crippen molar-refractivity contribution in [1.29, 1.82) is 0 Å². The predicted molar refractivity (Wildman–Crippen MR) is 202 cm³/mol. The number of nitrogens with zero attached hydrogens (tertiary/aromatic N) is 1. The van der Waals surface area contributed by atoms with Gasteiger partial charge in [0, 0.05) is 28.2 Å². The number of aryl methyl sites for hydroxylation is 1. The highest BCUT2D eigenvalue weighted by atomic mass is 19.4.